The molecule has 3 aromatic rings. The molecule has 0 aromatic carbocycles. The predicted molar refractivity (Wildman–Crippen MR) is 196 cm³/mol. The van der Waals surface area contributed by atoms with E-state index in [2.05, 4.69) is 71.5 Å². The third kappa shape index (κ3) is 11.7. The second-order valence-electron chi connectivity index (χ2n) is 11.1. The van der Waals surface area contributed by atoms with E-state index >= 15 is 0 Å². The monoisotopic (exact) mass is 746 g/mol. The van der Waals surface area contributed by atoms with Crippen molar-refractivity contribution in [1.82, 2.24) is 45.5 Å². The number of nitrogens with zero attached hydrogens (tertiary/aromatic N) is 9. The first-order valence-electron chi connectivity index (χ1n) is 15.8. The fraction of sp³-hybridized carbons (Fsp3) is 0.444. The van der Waals surface area contributed by atoms with Gasteiger partial charge >= 0.3 is 0 Å². The molecule has 3 heterocycles. The Bertz CT molecular complexity index is 1650. The van der Waals surface area contributed by atoms with Gasteiger partial charge in [-0.05, 0) is 44.9 Å². The van der Waals surface area contributed by atoms with E-state index in [-0.39, 0.29) is 56.9 Å². The number of nitrogens with one attached hydrogen (secondary N) is 5. The van der Waals surface area contributed by atoms with Crippen molar-refractivity contribution in [2.24, 2.45) is 21.5 Å². The lowest BCUT2D eigenvalue weighted by atomic mass is 9.93. The molecule has 0 unspecified atom stereocenters. The summed E-state index contributed by atoms with van der Waals surface area (Å²) >= 11 is 11.7. The van der Waals surface area contributed by atoms with E-state index in [4.69, 9.17) is 57.6 Å². The molecule has 4 rings (SSSR count). The molecule has 0 aliphatic heterocycles. The molecule has 1 saturated carbocycles. The van der Waals surface area contributed by atoms with Crippen LogP contribution in [0.15, 0.2) is 9.98 Å². The Balaban J connectivity index is 1.19. The molecule has 0 radical (unpaired) electrons. The first kappa shape index (κ1) is 38.0. The molecule has 0 spiro atoms. The summed E-state index contributed by atoms with van der Waals surface area (Å²) in [6.07, 6.45) is 5.96. The number of anilines is 7. The second kappa shape index (κ2) is 18.3. The number of unbranched alkanes of at least 4 members (excludes halogenated alkanes) is 2. The molecule has 51 heavy (non-hydrogen) atoms. The van der Waals surface area contributed by atoms with Gasteiger partial charge in [0, 0.05) is 32.2 Å². The number of rotatable bonds is 16. The van der Waals surface area contributed by atoms with Crippen molar-refractivity contribution < 1.29 is 9.59 Å². The van der Waals surface area contributed by atoms with Crippen molar-refractivity contribution in [3.8, 4) is 0 Å². The number of carbonyl (C=O) groups excluding carboxylic acids is 2. The quantitative estimate of drug-likeness (QED) is 0.0518. The smallest absolute Gasteiger partial charge is 0.280 e. The van der Waals surface area contributed by atoms with E-state index < -0.39 is 11.8 Å². The predicted octanol–water partition coefficient (Wildman–Crippen LogP) is -0.0748. The van der Waals surface area contributed by atoms with Crippen LogP contribution in [0.3, 0.4) is 0 Å². The number of halogens is 2. The van der Waals surface area contributed by atoms with Crippen LogP contribution in [0.1, 0.15) is 65.9 Å². The average molecular weight is 748 g/mol. The highest BCUT2D eigenvalue weighted by molar-refractivity contribution is 6.32. The normalized spacial score (nSPS) is 13.3. The van der Waals surface area contributed by atoms with Gasteiger partial charge in [-0.2, -0.15) is 15.0 Å². The van der Waals surface area contributed by atoms with E-state index in [0.29, 0.717) is 75.7 Å². The maximum atomic E-state index is 12.4. The van der Waals surface area contributed by atoms with Crippen LogP contribution in [0.4, 0.5) is 41.1 Å². The van der Waals surface area contributed by atoms with Crippen LogP contribution in [0, 0.1) is 0 Å². The summed E-state index contributed by atoms with van der Waals surface area (Å²) in [7, 11) is 0. The van der Waals surface area contributed by atoms with Gasteiger partial charge in [0.15, 0.2) is 56.9 Å². The molecule has 1 fully saturated rings. The summed E-state index contributed by atoms with van der Waals surface area (Å²) in [5.41, 5.74) is 33.7. The largest absolute Gasteiger partial charge is 0.382 e. The number of hydrogen-bond acceptors (Lipinski definition) is 18. The molecule has 2 amide bonds. The van der Waals surface area contributed by atoms with Crippen molar-refractivity contribution in [1.29, 1.82) is 0 Å². The fourth-order valence-electron chi connectivity index (χ4n) is 4.25. The summed E-state index contributed by atoms with van der Waals surface area (Å²) in [4.78, 5) is 61.8. The lowest BCUT2D eigenvalue weighted by Crippen LogP contribution is -2.38. The molecule has 1 aliphatic carbocycles. The molecule has 274 valence electrons. The molecule has 1 aliphatic rings. The lowest BCUT2D eigenvalue weighted by molar-refractivity contribution is 0.0964. The van der Waals surface area contributed by atoms with E-state index in [1.54, 1.807) is 0 Å². The number of aromatic nitrogens is 7. The van der Waals surface area contributed by atoms with Crippen LogP contribution in [-0.4, -0.2) is 90.8 Å². The number of carbonyl (C=O) groups is 2. The molecule has 22 nitrogen and oxygen atoms in total. The molecular formula is C27H40Cl2N20O2. The number of nitrogen functional groups attached to an aromatic ring is 4. The minimum Gasteiger partial charge on any atom is -0.382 e. The average Bonchev–Trinajstić information content (AvgIpc) is 3.05. The number of amides is 2. The standard InChI is InChI=1S/C27H40Cl2N20O2/c28-15-19(32)43-17(30)13(41-15)21(50)45-23(34)36-8-1-3-10-38-25-47-26(49-27(48-25)40-12-6-5-7-12)39-11-4-2-9-37-24(35)46-22(51)14-18(31)44-20(33)16(29)42-14/h12H,1-11H2,(H4,30,32,43)(H4,31,33,44)(H3,34,36,45,50)(H3,35,37,46,51)(H3,38,39,40,47,48,49). The van der Waals surface area contributed by atoms with Gasteiger partial charge in [0.05, 0.1) is 0 Å². The summed E-state index contributed by atoms with van der Waals surface area (Å²) in [6.45, 7) is 1.78. The van der Waals surface area contributed by atoms with E-state index in [9.17, 15) is 9.59 Å². The van der Waals surface area contributed by atoms with Crippen LogP contribution in [0.5, 0.6) is 0 Å². The van der Waals surface area contributed by atoms with Gasteiger partial charge < -0.3 is 50.4 Å². The molecule has 0 saturated heterocycles. The third-order valence-electron chi connectivity index (χ3n) is 7.10. The van der Waals surface area contributed by atoms with Gasteiger partial charge in [-0.25, -0.2) is 19.9 Å². The SMILES string of the molecule is NC(=NCCCCNc1nc(NCCCCN=C(N)NC(=O)c2nc(Cl)c(N)nc2N)nc(NC2CCC2)n1)NC(=O)c1nc(Cl)c(N)nc1N. The zero-order valence-corrected chi connectivity index (χ0v) is 28.9. The first-order valence-corrected chi connectivity index (χ1v) is 16.5. The minimum absolute atomic E-state index is 0.0891. The Hall–Kier alpha value is -5.77. The summed E-state index contributed by atoms with van der Waals surface area (Å²) in [5.74, 6) is -0.886. The number of aliphatic imine (C=N–C) groups is 2. The second-order valence-corrected chi connectivity index (χ2v) is 11.8. The maximum Gasteiger partial charge on any atom is 0.280 e. The highest BCUT2D eigenvalue weighted by Crippen LogP contribution is 2.23. The minimum atomic E-state index is -0.709. The van der Waals surface area contributed by atoms with E-state index in [1.165, 1.54) is 0 Å². The Labute approximate surface area is 301 Å². The molecule has 3 aromatic heterocycles. The highest BCUT2D eigenvalue weighted by Gasteiger charge is 2.20. The van der Waals surface area contributed by atoms with Gasteiger partial charge in [0.2, 0.25) is 17.8 Å². The third-order valence-corrected chi connectivity index (χ3v) is 7.65. The van der Waals surface area contributed by atoms with E-state index in [0.717, 1.165) is 19.3 Å². The fourth-order valence-corrected chi connectivity index (χ4v) is 4.51. The number of hydrogen-bond donors (Lipinski definition) is 11. The van der Waals surface area contributed by atoms with Crippen LogP contribution in [-0.2, 0) is 0 Å². The zero-order chi connectivity index (χ0) is 36.9. The van der Waals surface area contributed by atoms with Crippen LogP contribution < -0.4 is 61.0 Å². The summed E-state index contributed by atoms with van der Waals surface area (Å²) in [5, 5.41) is 14.3. The maximum absolute atomic E-state index is 12.4. The Morgan fingerprint density at radius 1 is 0.627 bits per heavy atom. The van der Waals surface area contributed by atoms with Crippen molar-refractivity contribution in [2.45, 2.75) is 51.0 Å². The molecule has 0 atom stereocenters. The Morgan fingerprint density at radius 3 is 1.47 bits per heavy atom. The van der Waals surface area contributed by atoms with Crippen LogP contribution >= 0.6 is 23.2 Å². The van der Waals surface area contributed by atoms with Gasteiger partial charge in [-0.15, -0.1) is 0 Å². The van der Waals surface area contributed by atoms with Crippen LogP contribution in [0.2, 0.25) is 10.3 Å². The van der Waals surface area contributed by atoms with Gasteiger partial charge in [-0.1, -0.05) is 23.2 Å². The molecule has 24 heteroatoms. The highest BCUT2D eigenvalue weighted by atomic mass is 35.5. The van der Waals surface area contributed by atoms with Crippen LogP contribution in [0.25, 0.3) is 0 Å². The Morgan fingerprint density at radius 2 is 1.06 bits per heavy atom. The van der Waals surface area contributed by atoms with E-state index in [1.807, 2.05) is 0 Å². The summed E-state index contributed by atoms with van der Waals surface area (Å²) < 4.78 is 0. The van der Waals surface area contributed by atoms with Gasteiger partial charge in [0.1, 0.15) is 0 Å². The zero-order valence-electron chi connectivity index (χ0n) is 27.4. The lowest BCUT2D eigenvalue weighted by Gasteiger charge is -2.26. The number of guanidine groups is 2. The molecular weight excluding hydrogens is 707 g/mol. The molecule has 17 N–H and O–H groups in total. The van der Waals surface area contributed by atoms with Crippen molar-refractivity contribution in [3.63, 3.8) is 0 Å². The van der Waals surface area contributed by atoms with Crippen molar-refractivity contribution in [3.05, 3.63) is 21.7 Å². The van der Waals surface area contributed by atoms with Crippen molar-refractivity contribution in [2.75, 3.05) is 65.1 Å². The summed E-state index contributed by atoms with van der Waals surface area (Å²) in [6, 6.07) is 0.321. The topological polar surface area (TPSA) is 365 Å². The van der Waals surface area contributed by atoms with Crippen molar-refractivity contribution >= 4 is 88.1 Å². The first-order chi connectivity index (χ1) is 24.4. The van der Waals surface area contributed by atoms with Gasteiger partial charge in [-0.3, -0.25) is 30.2 Å². The van der Waals surface area contributed by atoms with Gasteiger partial charge in [0.25, 0.3) is 11.8 Å². The molecule has 0 bridgehead atoms. The number of nitrogens with two attached hydrogens (primary N) is 6. The Kier molecular flexibility index (Phi) is 13.6.